The highest BCUT2D eigenvalue weighted by Crippen LogP contribution is 2.30. The van der Waals surface area contributed by atoms with E-state index in [2.05, 4.69) is 5.32 Å². The third kappa shape index (κ3) is 5.14. The number of para-hydroxylation sites is 1. The van der Waals surface area contributed by atoms with Crippen LogP contribution in [0.3, 0.4) is 0 Å². The number of nitrogens with one attached hydrogen (secondary N) is 1. The maximum absolute atomic E-state index is 13.3. The number of esters is 1. The lowest BCUT2D eigenvalue weighted by molar-refractivity contribution is -0.384. The van der Waals surface area contributed by atoms with Crippen LogP contribution in [0.1, 0.15) is 48.8 Å². The number of carbonyl (C=O) groups excluding carboxylic acids is 2. The second-order valence-electron chi connectivity index (χ2n) is 7.71. The molecule has 1 aromatic heterocycles. The third-order valence-corrected chi connectivity index (χ3v) is 5.43. The van der Waals surface area contributed by atoms with E-state index in [9.17, 15) is 19.7 Å². The molecule has 0 radical (unpaired) electrons. The van der Waals surface area contributed by atoms with Crippen molar-refractivity contribution in [2.45, 2.75) is 46.1 Å². The number of rotatable bonds is 9. The van der Waals surface area contributed by atoms with Gasteiger partial charge in [-0.05, 0) is 37.5 Å². The number of benzene rings is 2. The third-order valence-electron chi connectivity index (χ3n) is 5.43. The number of nitro groups is 1. The van der Waals surface area contributed by atoms with Gasteiger partial charge in [-0.2, -0.15) is 0 Å². The Balaban J connectivity index is 1.89. The van der Waals surface area contributed by atoms with Crippen LogP contribution < -0.4 is 10.1 Å². The van der Waals surface area contributed by atoms with E-state index in [1.54, 1.807) is 0 Å². The van der Waals surface area contributed by atoms with Crippen molar-refractivity contribution in [1.82, 2.24) is 4.98 Å². The van der Waals surface area contributed by atoms with Gasteiger partial charge in [0.15, 0.2) is 6.10 Å². The predicted octanol–water partition coefficient (Wildman–Crippen LogP) is 4.85. The smallest absolute Gasteiger partial charge is 0.339 e. The summed E-state index contributed by atoms with van der Waals surface area (Å²) in [6.45, 7) is 5.44. The molecule has 1 unspecified atom stereocenters. The molecule has 0 bridgehead atoms. The van der Waals surface area contributed by atoms with Gasteiger partial charge in [0.1, 0.15) is 5.75 Å². The van der Waals surface area contributed by atoms with Crippen LogP contribution in [0.2, 0.25) is 0 Å². The van der Waals surface area contributed by atoms with Crippen LogP contribution in [0, 0.1) is 10.1 Å². The van der Waals surface area contributed by atoms with E-state index in [-0.39, 0.29) is 17.1 Å². The molecule has 0 saturated carbocycles. The van der Waals surface area contributed by atoms with Crippen LogP contribution in [0.4, 0.5) is 11.4 Å². The molecule has 0 spiro atoms. The molecule has 0 aliphatic carbocycles. The molecule has 0 aliphatic heterocycles. The SMILES string of the molecule is CCCc1nc2ccccc2c(C(=O)OC(C)C(=O)Nc2cc([N+](=O)[O-])ccc2OC)c1CC. The van der Waals surface area contributed by atoms with Gasteiger partial charge in [-0.15, -0.1) is 0 Å². The molecule has 9 nitrogen and oxygen atoms in total. The van der Waals surface area contributed by atoms with Crippen molar-refractivity contribution in [3.63, 3.8) is 0 Å². The number of ether oxygens (including phenoxy) is 2. The van der Waals surface area contributed by atoms with Crippen LogP contribution in [-0.2, 0) is 22.4 Å². The highest BCUT2D eigenvalue weighted by atomic mass is 16.6. The average Bonchev–Trinajstić information content (AvgIpc) is 2.83. The number of pyridine rings is 1. The Labute approximate surface area is 197 Å². The van der Waals surface area contributed by atoms with Gasteiger partial charge < -0.3 is 14.8 Å². The standard InChI is InChI=1S/C25H27N3O6/c1-5-9-19-17(6-2)23(18-10-7-8-11-20(18)26-19)25(30)34-15(3)24(29)27-21-14-16(28(31)32)12-13-22(21)33-4/h7-8,10-15H,5-6,9H2,1-4H3,(H,27,29). The maximum Gasteiger partial charge on any atom is 0.339 e. The van der Waals surface area contributed by atoms with Crippen LogP contribution in [0.5, 0.6) is 5.75 Å². The van der Waals surface area contributed by atoms with Crippen molar-refractivity contribution in [3.05, 3.63) is 69.4 Å². The lowest BCUT2D eigenvalue weighted by Gasteiger charge is -2.18. The summed E-state index contributed by atoms with van der Waals surface area (Å²) < 4.78 is 10.7. The summed E-state index contributed by atoms with van der Waals surface area (Å²) >= 11 is 0. The molecule has 3 rings (SSSR count). The molecule has 178 valence electrons. The Morgan fingerprint density at radius 2 is 1.91 bits per heavy atom. The minimum Gasteiger partial charge on any atom is -0.495 e. The first kappa shape index (κ1) is 24.6. The van der Waals surface area contributed by atoms with Crippen LogP contribution in [0.15, 0.2) is 42.5 Å². The number of nitrogens with zero attached hydrogens (tertiary/aromatic N) is 2. The van der Waals surface area contributed by atoms with Crippen molar-refractivity contribution in [3.8, 4) is 5.75 Å². The lowest BCUT2D eigenvalue weighted by Crippen LogP contribution is -2.30. The topological polar surface area (TPSA) is 121 Å². The number of fused-ring (bicyclic) bond motifs is 1. The van der Waals surface area contributed by atoms with E-state index in [1.807, 2.05) is 38.1 Å². The normalized spacial score (nSPS) is 11.6. The molecule has 1 amide bonds. The van der Waals surface area contributed by atoms with Crippen molar-refractivity contribution < 1.29 is 24.0 Å². The van der Waals surface area contributed by atoms with Crippen LogP contribution in [-0.4, -0.2) is 35.0 Å². The van der Waals surface area contributed by atoms with Gasteiger partial charge in [-0.25, -0.2) is 4.79 Å². The molecule has 3 aromatic rings. The summed E-state index contributed by atoms with van der Waals surface area (Å²) in [7, 11) is 1.38. The second kappa shape index (κ2) is 10.7. The van der Waals surface area contributed by atoms with Crippen molar-refractivity contribution >= 4 is 34.2 Å². The molecule has 0 fully saturated rings. The van der Waals surface area contributed by atoms with Crippen LogP contribution in [0.25, 0.3) is 10.9 Å². The minimum absolute atomic E-state index is 0.110. The first-order valence-corrected chi connectivity index (χ1v) is 11.0. The van der Waals surface area contributed by atoms with Gasteiger partial charge in [0, 0.05) is 23.2 Å². The highest BCUT2D eigenvalue weighted by molar-refractivity contribution is 6.06. The summed E-state index contributed by atoms with van der Waals surface area (Å²) in [5, 5.41) is 14.3. The molecule has 34 heavy (non-hydrogen) atoms. The van der Waals surface area contributed by atoms with E-state index < -0.39 is 22.9 Å². The number of methoxy groups -OCH3 is 1. The molecular weight excluding hydrogens is 438 g/mol. The van der Waals surface area contributed by atoms with Gasteiger partial charge in [0.25, 0.3) is 11.6 Å². The van der Waals surface area contributed by atoms with Gasteiger partial charge >= 0.3 is 5.97 Å². The predicted molar refractivity (Wildman–Crippen MR) is 128 cm³/mol. The fraction of sp³-hybridized carbons (Fsp3) is 0.320. The first-order chi connectivity index (χ1) is 16.3. The van der Waals surface area contributed by atoms with E-state index in [0.717, 1.165) is 24.1 Å². The number of non-ortho nitro benzene ring substituents is 1. The van der Waals surface area contributed by atoms with Gasteiger partial charge in [-0.1, -0.05) is 38.5 Å². The molecule has 1 atom stereocenters. The Bertz CT molecular complexity index is 1240. The number of hydrogen-bond donors (Lipinski definition) is 1. The number of hydrogen-bond acceptors (Lipinski definition) is 7. The molecule has 2 aromatic carbocycles. The fourth-order valence-electron chi connectivity index (χ4n) is 3.77. The number of carbonyl (C=O) groups is 2. The largest absolute Gasteiger partial charge is 0.495 e. The summed E-state index contributed by atoms with van der Waals surface area (Å²) in [6.07, 6.45) is 1.01. The number of amides is 1. The van der Waals surface area contributed by atoms with E-state index >= 15 is 0 Å². The summed E-state index contributed by atoms with van der Waals surface area (Å²) in [5.74, 6) is -1.02. The molecular formula is C25H27N3O6. The van der Waals surface area contributed by atoms with E-state index in [0.29, 0.717) is 22.9 Å². The van der Waals surface area contributed by atoms with Crippen molar-refractivity contribution in [1.29, 1.82) is 0 Å². The molecule has 1 heterocycles. The summed E-state index contributed by atoms with van der Waals surface area (Å²) in [6, 6.07) is 11.2. The molecule has 0 aliphatic rings. The van der Waals surface area contributed by atoms with Crippen LogP contribution >= 0.6 is 0 Å². The Kier molecular flexibility index (Phi) is 7.78. The molecule has 1 N–H and O–H groups in total. The Morgan fingerprint density at radius 1 is 1.18 bits per heavy atom. The fourth-order valence-corrected chi connectivity index (χ4v) is 3.77. The van der Waals surface area contributed by atoms with E-state index in [1.165, 1.54) is 32.2 Å². The van der Waals surface area contributed by atoms with Crippen molar-refractivity contribution in [2.24, 2.45) is 0 Å². The summed E-state index contributed by atoms with van der Waals surface area (Å²) in [4.78, 5) is 41.3. The first-order valence-electron chi connectivity index (χ1n) is 11.0. The minimum atomic E-state index is -1.16. The quantitative estimate of drug-likeness (QED) is 0.272. The van der Waals surface area contributed by atoms with Gasteiger partial charge in [-0.3, -0.25) is 19.9 Å². The number of aryl methyl sites for hydroxylation is 1. The lowest BCUT2D eigenvalue weighted by atomic mass is 9.96. The summed E-state index contributed by atoms with van der Waals surface area (Å²) in [5.41, 5.74) is 2.64. The van der Waals surface area contributed by atoms with Crippen molar-refractivity contribution in [2.75, 3.05) is 12.4 Å². The zero-order valence-electron chi connectivity index (χ0n) is 19.6. The van der Waals surface area contributed by atoms with E-state index in [4.69, 9.17) is 14.5 Å². The Morgan fingerprint density at radius 3 is 2.56 bits per heavy atom. The number of anilines is 1. The number of aromatic nitrogens is 1. The van der Waals surface area contributed by atoms with Gasteiger partial charge in [0.05, 0.1) is 28.8 Å². The average molecular weight is 466 g/mol. The second-order valence-corrected chi connectivity index (χ2v) is 7.71. The maximum atomic E-state index is 13.3. The Hall–Kier alpha value is -4.01. The number of nitro benzene ring substituents is 1. The molecule has 0 saturated heterocycles. The monoisotopic (exact) mass is 465 g/mol. The van der Waals surface area contributed by atoms with Gasteiger partial charge in [0.2, 0.25) is 0 Å². The highest BCUT2D eigenvalue weighted by Gasteiger charge is 2.25. The molecule has 9 heteroatoms. The zero-order valence-corrected chi connectivity index (χ0v) is 19.6. The zero-order chi connectivity index (χ0) is 24.8.